The lowest BCUT2D eigenvalue weighted by Crippen LogP contribution is -2.34. The molecule has 0 amide bonds. The van der Waals surface area contributed by atoms with Crippen LogP contribution in [0.5, 0.6) is 0 Å². The number of hydrogen-bond acceptors (Lipinski definition) is 3. The highest BCUT2D eigenvalue weighted by molar-refractivity contribution is 5.17. The first-order valence-electron chi connectivity index (χ1n) is 6.90. The molecule has 1 N–H and O–H groups in total. The summed E-state index contributed by atoms with van der Waals surface area (Å²) < 4.78 is 27.8. The maximum absolute atomic E-state index is 13.2. The molecule has 0 aliphatic heterocycles. The number of aliphatic hydroxyl groups is 1. The Kier molecular flexibility index (Phi) is 5.41. The molecule has 1 atom stereocenters. The van der Waals surface area contributed by atoms with Crippen molar-refractivity contribution in [3.8, 4) is 0 Å². The van der Waals surface area contributed by atoms with Gasteiger partial charge in [0, 0.05) is 25.5 Å². The van der Waals surface area contributed by atoms with Gasteiger partial charge in [0.25, 0.3) is 0 Å². The van der Waals surface area contributed by atoms with E-state index < -0.39 is 17.7 Å². The number of likely N-dealkylation sites (N-methyl/N-ethyl adjacent to an activating group) is 1. The quantitative estimate of drug-likeness (QED) is 0.850. The molecule has 4 nitrogen and oxygen atoms in total. The van der Waals surface area contributed by atoms with Crippen LogP contribution in [-0.4, -0.2) is 39.0 Å². The summed E-state index contributed by atoms with van der Waals surface area (Å²) in [7, 11) is 0. The van der Waals surface area contributed by atoms with Gasteiger partial charge in [-0.3, -0.25) is 9.58 Å². The Morgan fingerprint density at radius 2 is 2.14 bits per heavy atom. The van der Waals surface area contributed by atoms with Crippen molar-refractivity contribution in [3.63, 3.8) is 0 Å². The summed E-state index contributed by atoms with van der Waals surface area (Å²) in [5.41, 5.74) is 0.682. The van der Waals surface area contributed by atoms with Crippen LogP contribution in [-0.2, 0) is 13.1 Å². The number of rotatable bonds is 7. The summed E-state index contributed by atoms with van der Waals surface area (Å²) in [6.07, 6.45) is 2.87. The Labute approximate surface area is 122 Å². The molecule has 2 rings (SSSR count). The van der Waals surface area contributed by atoms with Crippen molar-refractivity contribution in [1.82, 2.24) is 14.7 Å². The molecule has 1 aromatic carbocycles. The van der Waals surface area contributed by atoms with Crippen molar-refractivity contribution in [3.05, 3.63) is 53.9 Å². The van der Waals surface area contributed by atoms with E-state index >= 15 is 0 Å². The lowest BCUT2D eigenvalue weighted by Gasteiger charge is -2.23. The Balaban J connectivity index is 1.91. The second-order valence-electron chi connectivity index (χ2n) is 4.96. The molecular formula is C15H19F2N3O. The zero-order valence-electron chi connectivity index (χ0n) is 11.9. The van der Waals surface area contributed by atoms with Crippen LogP contribution in [0, 0.1) is 11.6 Å². The summed E-state index contributed by atoms with van der Waals surface area (Å²) in [4.78, 5) is 1.97. The second-order valence-corrected chi connectivity index (χ2v) is 4.96. The molecule has 0 saturated carbocycles. The summed E-state index contributed by atoms with van der Waals surface area (Å²) in [5, 5.41) is 14.1. The molecule has 0 aliphatic carbocycles. The minimum atomic E-state index is -0.847. The molecular weight excluding hydrogens is 276 g/mol. The summed E-state index contributed by atoms with van der Waals surface area (Å²) in [5.74, 6) is -1.69. The lowest BCUT2D eigenvalue weighted by molar-refractivity contribution is 0.0940. The molecule has 0 unspecified atom stereocenters. The molecule has 1 heterocycles. The minimum absolute atomic E-state index is 0.404. The van der Waals surface area contributed by atoms with Crippen molar-refractivity contribution in [2.75, 3.05) is 13.1 Å². The van der Waals surface area contributed by atoms with E-state index in [1.165, 1.54) is 6.07 Å². The molecule has 0 saturated heterocycles. The number of hydrogen-bond donors (Lipinski definition) is 1. The minimum Gasteiger partial charge on any atom is -0.390 e. The van der Waals surface area contributed by atoms with Crippen LogP contribution in [0.25, 0.3) is 0 Å². The summed E-state index contributed by atoms with van der Waals surface area (Å²) >= 11 is 0. The van der Waals surface area contributed by atoms with Gasteiger partial charge < -0.3 is 5.11 Å². The highest BCUT2D eigenvalue weighted by Gasteiger charge is 2.12. The zero-order valence-corrected chi connectivity index (χ0v) is 11.9. The van der Waals surface area contributed by atoms with E-state index in [1.807, 2.05) is 11.8 Å². The fourth-order valence-electron chi connectivity index (χ4n) is 2.18. The molecule has 1 aromatic heterocycles. The van der Waals surface area contributed by atoms with Crippen LogP contribution in [0.4, 0.5) is 8.78 Å². The predicted molar refractivity (Wildman–Crippen MR) is 75.5 cm³/mol. The topological polar surface area (TPSA) is 41.3 Å². The highest BCUT2D eigenvalue weighted by Crippen LogP contribution is 2.11. The number of nitrogens with zero attached hydrogens (tertiary/aromatic N) is 3. The van der Waals surface area contributed by atoms with Crippen LogP contribution in [0.1, 0.15) is 12.5 Å². The van der Waals surface area contributed by atoms with E-state index in [9.17, 15) is 13.9 Å². The Hall–Kier alpha value is -1.79. The van der Waals surface area contributed by atoms with E-state index in [2.05, 4.69) is 5.10 Å². The van der Waals surface area contributed by atoms with E-state index in [0.717, 1.165) is 6.07 Å². The SMILES string of the molecule is CCN(Cc1ccc(F)c(F)c1)C[C@H](O)Cn1cccn1. The van der Waals surface area contributed by atoms with Gasteiger partial charge >= 0.3 is 0 Å². The van der Waals surface area contributed by atoms with Crippen molar-refractivity contribution in [2.24, 2.45) is 0 Å². The summed E-state index contributed by atoms with van der Waals surface area (Å²) in [6, 6.07) is 5.67. The number of halogens is 2. The van der Waals surface area contributed by atoms with Crippen LogP contribution in [0.3, 0.4) is 0 Å². The molecule has 114 valence electrons. The van der Waals surface area contributed by atoms with E-state index in [1.54, 1.807) is 29.2 Å². The Morgan fingerprint density at radius 3 is 2.76 bits per heavy atom. The van der Waals surface area contributed by atoms with Crippen molar-refractivity contribution in [2.45, 2.75) is 26.1 Å². The molecule has 21 heavy (non-hydrogen) atoms. The van der Waals surface area contributed by atoms with Crippen LogP contribution in [0.15, 0.2) is 36.7 Å². The van der Waals surface area contributed by atoms with Gasteiger partial charge in [-0.2, -0.15) is 5.10 Å². The number of aliphatic hydroxyl groups excluding tert-OH is 1. The zero-order chi connectivity index (χ0) is 15.2. The predicted octanol–water partition coefficient (Wildman–Crippen LogP) is 2.04. The van der Waals surface area contributed by atoms with Crippen LogP contribution in [0.2, 0.25) is 0 Å². The molecule has 6 heteroatoms. The normalized spacial score (nSPS) is 12.8. The van der Waals surface area contributed by atoms with Crippen molar-refractivity contribution in [1.29, 1.82) is 0 Å². The largest absolute Gasteiger partial charge is 0.390 e. The second kappa shape index (κ2) is 7.28. The van der Waals surface area contributed by atoms with Gasteiger partial charge in [-0.05, 0) is 30.3 Å². The first kappa shape index (κ1) is 15.6. The van der Waals surface area contributed by atoms with Gasteiger partial charge in [-0.15, -0.1) is 0 Å². The van der Waals surface area contributed by atoms with Gasteiger partial charge in [0.2, 0.25) is 0 Å². The average Bonchev–Trinajstić information content (AvgIpc) is 2.94. The fourth-order valence-corrected chi connectivity index (χ4v) is 2.18. The standard InChI is InChI=1S/C15H19F2N3O/c1-2-19(9-12-4-5-14(16)15(17)8-12)10-13(21)11-20-7-3-6-18-20/h3-8,13,21H,2,9-11H2,1H3/t13-/m0/s1. The first-order valence-corrected chi connectivity index (χ1v) is 6.90. The molecule has 2 aromatic rings. The molecule has 0 radical (unpaired) electrons. The molecule has 0 fully saturated rings. The highest BCUT2D eigenvalue weighted by atomic mass is 19.2. The van der Waals surface area contributed by atoms with Gasteiger partial charge in [0.05, 0.1) is 12.6 Å². The first-order chi connectivity index (χ1) is 10.1. The molecule has 0 aliphatic rings. The third-order valence-corrected chi connectivity index (χ3v) is 3.26. The van der Waals surface area contributed by atoms with Gasteiger partial charge in [-0.25, -0.2) is 8.78 Å². The van der Waals surface area contributed by atoms with Crippen LogP contribution < -0.4 is 0 Å². The van der Waals surface area contributed by atoms with Crippen molar-refractivity contribution < 1.29 is 13.9 Å². The van der Waals surface area contributed by atoms with E-state index in [0.29, 0.717) is 31.7 Å². The van der Waals surface area contributed by atoms with Crippen LogP contribution >= 0.6 is 0 Å². The number of aromatic nitrogens is 2. The Morgan fingerprint density at radius 1 is 1.33 bits per heavy atom. The lowest BCUT2D eigenvalue weighted by atomic mass is 10.2. The van der Waals surface area contributed by atoms with E-state index in [-0.39, 0.29) is 0 Å². The monoisotopic (exact) mass is 295 g/mol. The summed E-state index contributed by atoms with van der Waals surface area (Å²) in [6.45, 7) is 3.97. The van der Waals surface area contributed by atoms with Gasteiger partial charge in [0.1, 0.15) is 0 Å². The van der Waals surface area contributed by atoms with E-state index in [4.69, 9.17) is 0 Å². The smallest absolute Gasteiger partial charge is 0.159 e. The van der Waals surface area contributed by atoms with Crippen molar-refractivity contribution >= 4 is 0 Å². The fraction of sp³-hybridized carbons (Fsp3) is 0.400. The molecule has 0 bridgehead atoms. The maximum atomic E-state index is 13.2. The Bertz CT molecular complexity index is 560. The number of benzene rings is 1. The van der Waals surface area contributed by atoms with Gasteiger partial charge in [-0.1, -0.05) is 13.0 Å². The maximum Gasteiger partial charge on any atom is 0.159 e. The molecule has 0 spiro atoms. The average molecular weight is 295 g/mol. The third kappa shape index (κ3) is 4.61. The third-order valence-electron chi connectivity index (χ3n) is 3.26. The van der Waals surface area contributed by atoms with Gasteiger partial charge in [0.15, 0.2) is 11.6 Å².